The first-order valence-electron chi connectivity index (χ1n) is 7.85. The molecule has 4 heteroatoms. The van der Waals surface area contributed by atoms with E-state index in [-0.39, 0.29) is 11.9 Å². The van der Waals surface area contributed by atoms with Gasteiger partial charge in [-0.1, -0.05) is 44.3 Å². The minimum Gasteiger partial charge on any atom is -0.481 e. The fourth-order valence-corrected chi connectivity index (χ4v) is 3.30. The van der Waals surface area contributed by atoms with Crippen molar-refractivity contribution >= 4 is 11.9 Å². The van der Waals surface area contributed by atoms with Gasteiger partial charge in [0.1, 0.15) is 0 Å². The summed E-state index contributed by atoms with van der Waals surface area (Å²) in [5.41, 5.74) is 0. The van der Waals surface area contributed by atoms with E-state index in [2.05, 4.69) is 5.32 Å². The molecular formula is C16H25NO3. The molecule has 20 heavy (non-hydrogen) atoms. The molecular weight excluding hydrogens is 254 g/mol. The van der Waals surface area contributed by atoms with Crippen molar-refractivity contribution in [1.29, 1.82) is 0 Å². The third-order valence-electron chi connectivity index (χ3n) is 4.49. The van der Waals surface area contributed by atoms with E-state index in [1.165, 1.54) is 32.1 Å². The Morgan fingerprint density at radius 3 is 2.55 bits per heavy atom. The van der Waals surface area contributed by atoms with Crippen LogP contribution < -0.4 is 5.32 Å². The Labute approximate surface area is 120 Å². The van der Waals surface area contributed by atoms with Gasteiger partial charge < -0.3 is 10.4 Å². The van der Waals surface area contributed by atoms with Crippen LogP contribution >= 0.6 is 0 Å². The molecule has 0 aromatic rings. The van der Waals surface area contributed by atoms with Crippen LogP contribution in [-0.4, -0.2) is 23.0 Å². The average Bonchev–Trinajstić information content (AvgIpc) is 2.88. The van der Waals surface area contributed by atoms with Crippen molar-refractivity contribution in [3.05, 3.63) is 12.2 Å². The Morgan fingerprint density at radius 2 is 1.90 bits per heavy atom. The zero-order valence-corrected chi connectivity index (χ0v) is 12.0. The van der Waals surface area contributed by atoms with Gasteiger partial charge in [0.2, 0.25) is 5.91 Å². The number of amides is 1. The summed E-state index contributed by atoms with van der Waals surface area (Å²) in [6.07, 6.45) is 13.4. The molecule has 0 bridgehead atoms. The molecule has 0 aliphatic heterocycles. The average molecular weight is 279 g/mol. The molecule has 2 aliphatic carbocycles. The first kappa shape index (κ1) is 15.1. The second-order valence-corrected chi connectivity index (χ2v) is 6.14. The number of carboxylic acid groups (broad SMARTS) is 1. The van der Waals surface area contributed by atoms with Gasteiger partial charge in [0.15, 0.2) is 0 Å². The van der Waals surface area contributed by atoms with Crippen LogP contribution in [0.2, 0.25) is 0 Å². The third kappa shape index (κ3) is 4.66. The molecule has 0 spiro atoms. The minimum atomic E-state index is -0.810. The predicted octanol–water partition coefficient (Wildman–Crippen LogP) is 2.88. The molecule has 2 atom stereocenters. The maximum Gasteiger partial charge on any atom is 0.310 e. The Morgan fingerprint density at radius 1 is 1.15 bits per heavy atom. The molecule has 0 radical (unpaired) electrons. The van der Waals surface area contributed by atoms with Gasteiger partial charge in [0, 0.05) is 12.5 Å². The minimum absolute atomic E-state index is 0.0569. The van der Waals surface area contributed by atoms with E-state index in [0.717, 1.165) is 18.8 Å². The SMILES string of the molecule is O=C(CCCC1CCCCC1)NC1C=CC(C(=O)O)C1. The van der Waals surface area contributed by atoms with Crippen LogP contribution in [0.1, 0.15) is 57.8 Å². The van der Waals surface area contributed by atoms with Gasteiger partial charge in [0.25, 0.3) is 0 Å². The van der Waals surface area contributed by atoms with Crippen molar-refractivity contribution in [1.82, 2.24) is 5.32 Å². The molecule has 2 rings (SSSR count). The number of hydrogen-bond acceptors (Lipinski definition) is 2. The summed E-state index contributed by atoms with van der Waals surface area (Å²) >= 11 is 0. The number of rotatable bonds is 6. The first-order valence-corrected chi connectivity index (χ1v) is 7.85. The van der Waals surface area contributed by atoms with Gasteiger partial charge >= 0.3 is 5.97 Å². The van der Waals surface area contributed by atoms with Gasteiger partial charge in [-0.2, -0.15) is 0 Å². The standard InChI is InChI=1S/C16H25NO3/c18-15(8-4-7-12-5-2-1-3-6-12)17-14-10-9-13(11-14)16(19)20/h9-10,12-14H,1-8,11H2,(H,17,18)(H,19,20). The monoisotopic (exact) mass is 279 g/mol. The largest absolute Gasteiger partial charge is 0.481 e. The summed E-state index contributed by atoms with van der Waals surface area (Å²) in [6, 6.07) is -0.0988. The highest BCUT2D eigenvalue weighted by molar-refractivity contribution is 5.77. The molecule has 1 saturated carbocycles. The molecule has 2 unspecified atom stereocenters. The van der Waals surface area contributed by atoms with Gasteiger partial charge in [-0.15, -0.1) is 0 Å². The fraction of sp³-hybridized carbons (Fsp3) is 0.750. The van der Waals surface area contributed by atoms with E-state index in [1.54, 1.807) is 12.2 Å². The maximum absolute atomic E-state index is 11.8. The Bertz CT molecular complexity index is 372. The van der Waals surface area contributed by atoms with Crippen molar-refractivity contribution in [3.63, 3.8) is 0 Å². The molecule has 0 saturated heterocycles. The van der Waals surface area contributed by atoms with Crippen LogP contribution in [0.25, 0.3) is 0 Å². The van der Waals surface area contributed by atoms with Crippen LogP contribution in [0, 0.1) is 11.8 Å². The quantitative estimate of drug-likeness (QED) is 0.735. The summed E-state index contributed by atoms with van der Waals surface area (Å²) in [4.78, 5) is 22.6. The predicted molar refractivity (Wildman–Crippen MR) is 77.2 cm³/mol. The Balaban J connectivity index is 1.59. The number of carbonyl (C=O) groups is 2. The van der Waals surface area contributed by atoms with Crippen LogP contribution in [0.5, 0.6) is 0 Å². The van der Waals surface area contributed by atoms with Gasteiger partial charge in [-0.25, -0.2) is 0 Å². The fourth-order valence-electron chi connectivity index (χ4n) is 3.30. The molecule has 1 fully saturated rings. The lowest BCUT2D eigenvalue weighted by atomic mass is 9.86. The first-order chi connectivity index (χ1) is 9.65. The van der Waals surface area contributed by atoms with Gasteiger partial charge in [-0.3, -0.25) is 9.59 Å². The molecule has 0 aromatic carbocycles. The molecule has 2 N–H and O–H groups in total. The zero-order chi connectivity index (χ0) is 14.4. The van der Waals surface area contributed by atoms with Crippen molar-refractivity contribution in [2.45, 2.75) is 63.8 Å². The molecule has 0 heterocycles. The molecule has 2 aliphatic rings. The number of carboxylic acids is 1. The molecule has 112 valence electrons. The van der Waals surface area contributed by atoms with E-state index in [1.807, 2.05) is 0 Å². The number of hydrogen-bond donors (Lipinski definition) is 2. The highest BCUT2D eigenvalue weighted by Crippen LogP contribution is 2.27. The summed E-state index contributed by atoms with van der Waals surface area (Å²) < 4.78 is 0. The third-order valence-corrected chi connectivity index (χ3v) is 4.49. The lowest BCUT2D eigenvalue weighted by molar-refractivity contribution is -0.140. The number of nitrogens with one attached hydrogen (secondary N) is 1. The molecule has 1 amide bonds. The summed E-state index contributed by atoms with van der Waals surface area (Å²) in [5, 5.41) is 11.8. The van der Waals surface area contributed by atoms with E-state index in [9.17, 15) is 9.59 Å². The van der Waals surface area contributed by atoms with Crippen molar-refractivity contribution in [2.75, 3.05) is 0 Å². The number of aliphatic carboxylic acids is 1. The highest BCUT2D eigenvalue weighted by Gasteiger charge is 2.25. The normalized spacial score (nSPS) is 26.6. The van der Waals surface area contributed by atoms with Crippen LogP contribution in [-0.2, 0) is 9.59 Å². The molecule has 4 nitrogen and oxygen atoms in total. The van der Waals surface area contributed by atoms with Crippen molar-refractivity contribution in [3.8, 4) is 0 Å². The van der Waals surface area contributed by atoms with Crippen LogP contribution in [0.15, 0.2) is 12.2 Å². The topological polar surface area (TPSA) is 66.4 Å². The lowest BCUT2D eigenvalue weighted by Gasteiger charge is -2.21. The van der Waals surface area contributed by atoms with E-state index < -0.39 is 11.9 Å². The molecule has 0 aromatic heterocycles. The van der Waals surface area contributed by atoms with Crippen molar-refractivity contribution in [2.24, 2.45) is 11.8 Å². The van der Waals surface area contributed by atoms with Gasteiger partial charge in [0.05, 0.1) is 5.92 Å². The maximum atomic E-state index is 11.8. The smallest absolute Gasteiger partial charge is 0.310 e. The summed E-state index contributed by atoms with van der Waals surface area (Å²) in [6.45, 7) is 0. The van der Waals surface area contributed by atoms with Crippen LogP contribution in [0.3, 0.4) is 0 Å². The summed E-state index contributed by atoms with van der Waals surface area (Å²) in [7, 11) is 0. The van der Waals surface area contributed by atoms with Crippen LogP contribution in [0.4, 0.5) is 0 Å². The Kier molecular flexibility index (Phi) is 5.62. The zero-order valence-electron chi connectivity index (χ0n) is 12.0. The second-order valence-electron chi connectivity index (χ2n) is 6.14. The van der Waals surface area contributed by atoms with E-state index in [0.29, 0.717) is 12.8 Å². The van der Waals surface area contributed by atoms with Gasteiger partial charge in [-0.05, 0) is 25.2 Å². The highest BCUT2D eigenvalue weighted by atomic mass is 16.4. The summed E-state index contributed by atoms with van der Waals surface area (Å²) in [5.74, 6) is -0.376. The van der Waals surface area contributed by atoms with E-state index in [4.69, 9.17) is 5.11 Å². The second kappa shape index (κ2) is 7.46. The Hall–Kier alpha value is -1.32. The van der Waals surface area contributed by atoms with Crippen molar-refractivity contribution < 1.29 is 14.7 Å². The lowest BCUT2D eigenvalue weighted by Crippen LogP contribution is -2.33. The van der Waals surface area contributed by atoms with E-state index >= 15 is 0 Å². The number of carbonyl (C=O) groups excluding carboxylic acids is 1.